The molecule has 0 aromatic carbocycles. The fraction of sp³-hybridized carbons (Fsp3) is 0.615. The summed E-state index contributed by atoms with van der Waals surface area (Å²) in [5, 5.41) is 7.05. The second kappa shape index (κ2) is 9.41. The molecular formula is C13H22N4O2S. The maximum atomic E-state index is 11.3. The molecule has 0 aliphatic heterocycles. The van der Waals surface area contributed by atoms with Gasteiger partial charge in [0.25, 0.3) is 0 Å². The highest BCUT2D eigenvalue weighted by Gasteiger charge is 2.05. The number of hydrogen-bond donors (Lipinski definition) is 2. The Balaban J connectivity index is 2.57. The van der Waals surface area contributed by atoms with Crippen molar-refractivity contribution in [3.8, 4) is 0 Å². The van der Waals surface area contributed by atoms with Gasteiger partial charge in [-0.05, 0) is 19.6 Å². The molecule has 0 spiro atoms. The van der Waals surface area contributed by atoms with Gasteiger partial charge in [-0.15, -0.1) is 0 Å². The molecule has 0 atom stereocenters. The third-order valence-electron chi connectivity index (χ3n) is 2.38. The van der Waals surface area contributed by atoms with Crippen LogP contribution in [0.15, 0.2) is 11.2 Å². The number of ether oxygens (including phenoxy) is 1. The Hall–Kier alpha value is -1.50. The summed E-state index contributed by atoms with van der Waals surface area (Å²) < 4.78 is 4.87. The van der Waals surface area contributed by atoms with E-state index >= 15 is 0 Å². The van der Waals surface area contributed by atoms with Crippen molar-refractivity contribution in [3.05, 3.63) is 6.07 Å². The van der Waals surface area contributed by atoms with Crippen LogP contribution in [-0.4, -0.2) is 41.9 Å². The Labute approximate surface area is 124 Å². The number of hydrogen-bond acceptors (Lipinski definition) is 7. The Morgan fingerprint density at radius 1 is 1.25 bits per heavy atom. The summed E-state index contributed by atoms with van der Waals surface area (Å²) in [6.07, 6.45) is 3.29. The van der Waals surface area contributed by atoms with Crippen LogP contribution in [0, 0.1) is 0 Å². The van der Waals surface area contributed by atoms with Crippen LogP contribution in [0.5, 0.6) is 0 Å². The van der Waals surface area contributed by atoms with Gasteiger partial charge in [-0.2, -0.15) is 0 Å². The van der Waals surface area contributed by atoms with E-state index in [1.807, 2.05) is 12.3 Å². The van der Waals surface area contributed by atoms with E-state index in [-0.39, 0.29) is 5.97 Å². The maximum absolute atomic E-state index is 11.3. The molecule has 2 N–H and O–H groups in total. The topological polar surface area (TPSA) is 76.1 Å². The van der Waals surface area contributed by atoms with Crippen LogP contribution in [0.3, 0.4) is 0 Å². The first-order valence-electron chi connectivity index (χ1n) is 6.76. The Morgan fingerprint density at radius 2 is 1.90 bits per heavy atom. The fourth-order valence-electron chi connectivity index (χ4n) is 1.48. The molecule has 0 bridgehead atoms. The summed E-state index contributed by atoms with van der Waals surface area (Å²) >= 11 is 1.48. The molecule has 7 heteroatoms. The molecule has 0 aliphatic rings. The Morgan fingerprint density at radius 3 is 2.45 bits per heavy atom. The number of esters is 1. The lowest BCUT2D eigenvalue weighted by Crippen LogP contribution is -2.13. The highest BCUT2D eigenvalue weighted by atomic mass is 32.2. The highest BCUT2D eigenvalue weighted by molar-refractivity contribution is 7.98. The van der Waals surface area contributed by atoms with E-state index in [0.29, 0.717) is 30.5 Å². The average molecular weight is 298 g/mol. The smallest absolute Gasteiger partial charge is 0.307 e. The molecule has 1 rings (SSSR count). The summed E-state index contributed by atoms with van der Waals surface area (Å²) in [7, 11) is 0. The summed E-state index contributed by atoms with van der Waals surface area (Å²) in [4.78, 5) is 20.0. The lowest BCUT2D eigenvalue weighted by atomic mass is 10.4. The number of carbonyl (C=O) groups excluding carboxylic acids is 1. The van der Waals surface area contributed by atoms with Crippen molar-refractivity contribution in [3.63, 3.8) is 0 Å². The second-order valence-electron chi connectivity index (χ2n) is 4.03. The highest BCUT2D eigenvalue weighted by Crippen LogP contribution is 2.17. The quantitative estimate of drug-likeness (QED) is 0.412. The minimum atomic E-state index is -0.205. The third kappa shape index (κ3) is 6.10. The van der Waals surface area contributed by atoms with Gasteiger partial charge in [-0.25, -0.2) is 9.97 Å². The number of nitrogens with zero attached hydrogens (tertiary/aromatic N) is 2. The summed E-state index contributed by atoms with van der Waals surface area (Å²) in [5.74, 6) is 1.31. The van der Waals surface area contributed by atoms with Crippen LogP contribution in [0.2, 0.25) is 0 Å². The van der Waals surface area contributed by atoms with Crippen molar-refractivity contribution in [2.75, 3.05) is 36.6 Å². The van der Waals surface area contributed by atoms with Gasteiger partial charge in [0.05, 0.1) is 13.0 Å². The number of nitrogens with one attached hydrogen (secondary N) is 2. The lowest BCUT2D eigenvalue weighted by molar-refractivity contribution is -0.142. The maximum Gasteiger partial charge on any atom is 0.307 e. The zero-order chi connectivity index (χ0) is 14.8. The number of aromatic nitrogens is 2. The number of rotatable bonds is 9. The van der Waals surface area contributed by atoms with Gasteiger partial charge in [-0.1, -0.05) is 18.7 Å². The van der Waals surface area contributed by atoms with Gasteiger partial charge in [0.15, 0.2) is 5.16 Å². The molecule has 1 aromatic heterocycles. The summed E-state index contributed by atoms with van der Waals surface area (Å²) in [6, 6.07) is 1.85. The van der Waals surface area contributed by atoms with Gasteiger partial charge >= 0.3 is 5.97 Å². The number of anilines is 2. The molecule has 20 heavy (non-hydrogen) atoms. The molecule has 0 radical (unpaired) electrons. The van der Waals surface area contributed by atoms with Crippen molar-refractivity contribution in [1.82, 2.24) is 9.97 Å². The summed E-state index contributed by atoms with van der Waals surface area (Å²) in [6.45, 7) is 5.67. The predicted octanol–water partition coefficient (Wildman–Crippen LogP) is 2.39. The van der Waals surface area contributed by atoms with Gasteiger partial charge < -0.3 is 15.4 Å². The van der Waals surface area contributed by atoms with Crippen LogP contribution >= 0.6 is 11.8 Å². The third-order valence-corrected chi connectivity index (χ3v) is 2.93. The number of thioether (sulfide) groups is 1. The monoisotopic (exact) mass is 298 g/mol. The van der Waals surface area contributed by atoms with E-state index in [4.69, 9.17) is 4.74 Å². The van der Waals surface area contributed by atoms with E-state index in [9.17, 15) is 4.79 Å². The van der Waals surface area contributed by atoms with Gasteiger partial charge in [0.1, 0.15) is 11.6 Å². The molecule has 1 aromatic rings. The van der Waals surface area contributed by atoms with Crippen LogP contribution in [0.25, 0.3) is 0 Å². The van der Waals surface area contributed by atoms with Crippen molar-refractivity contribution >= 4 is 29.4 Å². The van der Waals surface area contributed by atoms with Crippen molar-refractivity contribution in [2.45, 2.75) is 31.8 Å². The minimum absolute atomic E-state index is 0.205. The first-order valence-corrected chi connectivity index (χ1v) is 7.98. The minimum Gasteiger partial charge on any atom is -0.466 e. The van der Waals surface area contributed by atoms with E-state index in [0.717, 1.165) is 18.8 Å². The first kappa shape index (κ1) is 16.6. The summed E-state index contributed by atoms with van der Waals surface area (Å²) in [5.41, 5.74) is 0. The molecule has 0 unspecified atom stereocenters. The normalized spacial score (nSPS) is 10.2. The Bertz CT molecular complexity index is 429. The molecule has 0 aliphatic carbocycles. The van der Waals surface area contributed by atoms with Crippen LogP contribution < -0.4 is 10.6 Å². The van der Waals surface area contributed by atoms with Crippen LogP contribution in [0.4, 0.5) is 11.6 Å². The molecule has 0 fully saturated rings. The van der Waals surface area contributed by atoms with E-state index in [1.54, 1.807) is 6.92 Å². The lowest BCUT2D eigenvalue weighted by Gasteiger charge is -2.10. The zero-order valence-electron chi connectivity index (χ0n) is 12.2. The first-order chi connectivity index (χ1) is 9.69. The molecule has 6 nitrogen and oxygen atoms in total. The molecule has 1 heterocycles. The molecule has 0 saturated heterocycles. The standard InChI is InChI=1S/C13H22N4O2S/c1-4-7-14-10-9-11(17-13(16-10)20-3)15-8-6-12(18)19-5-2/h9H,4-8H2,1-3H3,(H2,14,15,16,17). The predicted molar refractivity (Wildman–Crippen MR) is 82.3 cm³/mol. The Kier molecular flexibility index (Phi) is 7.79. The van der Waals surface area contributed by atoms with Gasteiger partial charge in [-0.3, -0.25) is 4.79 Å². The van der Waals surface area contributed by atoms with Crippen molar-refractivity contribution < 1.29 is 9.53 Å². The van der Waals surface area contributed by atoms with E-state index in [1.165, 1.54) is 11.8 Å². The number of carbonyl (C=O) groups is 1. The average Bonchev–Trinajstić information content (AvgIpc) is 2.45. The molecule has 0 saturated carbocycles. The van der Waals surface area contributed by atoms with Crippen molar-refractivity contribution in [1.29, 1.82) is 0 Å². The van der Waals surface area contributed by atoms with Crippen molar-refractivity contribution in [2.24, 2.45) is 0 Å². The van der Waals surface area contributed by atoms with E-state index in [2.05, 4.69) is 27.5 Å². The zero-order valence-corrected chi connectivity index (χ0v) is 13.0. The van der Waals surface area contributed by atoms with Crippen LogP contribution in [0.1, 0.15) is 26.7 Å². The largest absolute Gasteiger partial charge is 0.466 e. The fourth-order valence-corrected chi connectivity index (χ4v) is 1.86. The van der Waals surface area contributed by atoms with Gasteiger partial charge in [0.2, 0.25) is 0 Å². The molecular weight excluding hydrogens is 276 g/mol. The van der Waals surface area contributed by atoms with E-state index < -0.39 is 0 Å². The molecule has 112 valence electrons. The van der Waals surface area contributed by atoms with Gasteiger partial charge in [0, 0.05) is 19.2 Å². The second-order valence-corrected chi connectivity index (χ2v) is 4.81. The SMILES string of the molecule is CCCNc1cc(NCCC(=O)OCC)nc(SC)n1. The van der Waals surface area contributed by atoms with Crippen LogP contribution in [-0.2, 0) is 9.53 Å². The molecule has 0 amide bonds.